The summed E-state index contributed by atoms with van der Waals surface area (Å²) in [6, 6.07) is 8.66. The molecule has 3 heterocycles. The van der Waals surface area contributed by atoms with E-state index in [9.17, 15) is 8.42 Å². The molecule has 0 radical (unpaired) electrons. The van der Waals surface area contributed by atoms with Gasteiger partial charge in [0.25, 0.3) is 0 Å². The van der Waals surface area contributed by atoms with Crippen molar-refractivity contribution in [1.29, 1.82) is 0 Å². The number of nitrogens with zero attached hydrogens (tertiary/aromatic N) is 4. The standard InChI is InChI=1S/C19H22N4O4S/c1-22(28(24,25)15-4-6-17-18(10-15)27-9-8-26-17)14-11-23(12-14)19-7-5-16(20-21-19)13-2-3-13/h4-7,10,13-14H,2-3,8-9,11-12H2,1H3. The number of hydrogen-bond acceptors (Lipinski definition) is 7. The second-order valence-corrected chi connectivity index (χ2v) is 9.47. The summed E-state index contributed by atoms with van der Waals surface area (Å²) < 4.78 is 38.4. The van der Waals surface area contributed by atoms with Crippen molar-refractivity contribution in [1.82, 2.24) is 14.5 Å². The summed E-state index contributed by atoms with van der Waals surface area (Å²) in [4.78, 5) is 2.26. The van der Waals surface area contributed by atoms with Gasteiger partial charge in [-0.05, 0) is 37.1 Å². The zero-order valence-corrected chi connectivity index (χ0v) is 16.4. The van der Waals surface area contributed by atoms with Crippen LogP contribution in [0.1, 0.15) is 24.5 Å². The lowest BCUT2D eigenvalue weighted by Gasteiger charge is -2.43. The molecule has 5 rings (SSSR count). The Morgan fingerprint density at radius 1 is 1.04 bits per heavy atom. The van der Waals surface area contributed by atoms with Gasteiger partial charge in [-0.25, -0.2) is 8.42 Å². The van der Waals surface area contributed by atoms with Gasteiger partial charge in [0.05, 0.1) is 16.6 Å². The Hall–Kier alpha value is -2.39. The van der Waals surface area contributed by atoms with Gasteiger partial charge in [-0.1, -0.05) is 0 Å². The quantitative estimate of drug-likeness (QED) is 0.751. The minimum atomic E-state index is -3.61. The predicted octanol–water partition coefficient (Wildman–Crippen LogP) is 1.63. The maximum Gasteiger partial charge on any atom is 0.243 e. The molecule has 0 unspecified atom stereocenters. The fourth-order valence-corrected chi connectivity index (χ4v) is 4.87. The first-order valence-corrected chi connectivity index (χ1v) is 10.9. The van der Waals surface area contributed by atoms with Crippen molar-refractivity contribution in [3.05, 3.63) is 36.0 Å². The maximum atomic E-state index is 13.0. The molecule has 1 saturated heterocycles. The molecule has 0 N–H and O–H groups in total. The summed E-state index contributed by atoms with van der Waals surface area (Å²) in [7, 11) is -1.99. The molecular weight excluding hydrogens is 380 g/mol. The van der Waals surface area contributed by atoms with E-state index in [0.29, 0.717) is 43.7 Å². The van der Waals surface area contributed by atoms with Gasteiger partial charge in [0.1, 0.15) is 13.2 Å². The summed E-state index contributed by atoms with van der Waals surface area (Å²) in [6.45, 7) is 2.08. The molecule has 0 spiro atoms. The summed E-state index contributed by atoms with van der Waals surface area (Å²) in [5.74, 6) is 2.43. The lowest BCUT2D eigenvalue weighted by molar-refractivity contribution is 0.171. The highest BCUT2D eigenvalue weighted by atomic mass is 32.2. The molecule has 0 amide bonds. The van der Waals surface area contributed by atoms with Crippen LogP contribution in [-0.4, -0.2) is 62.3 Å². The van der Waals surface area contributed by atoms with Crippen LogP contribution in [-0.2, 0) is 10.0 Å². The Kier molecular flexibility index (Phi) is 4.17. The highest BCUT2D eigenvalue weighted by Crippen LogP contribution is 2.39. The van der Waals surface area contributed by atoms with Crippen LogP contribution in [0.2, 0.25) is 0 Å². The first-order valence-electron chi connectivity index (χ1n) is 9.48. The lowest BCUT2D eigenvalue weighted by Crippen LogP contribution is -2.60. The van der Waals surface area contributed by atoms with Gasteiger partial charge in [0, 0.05) is 32.1 Å². The number of sulfonamides is 1. The highest BCUT2D eigenvalue weighted by molar-refractivity contribution is 7.89. The third-order valence-electron chi connectivity index (χ3n) is 5.56. The molecule has 2 aliphatic heterocycles. The van der Waals surface area contributed by atoms with Crippen LogP contribution in [0, 0.1) is 0 Å². The minimum Gasteiger partial charge on any atom is -0.486 e. The molecule has 0 atom stereocenters. The number of fused-ring (bicyclic) bond motifs is 1. The third kappa shape index (κ3) is 3.08. The molecule has 1 aromatic heterocycles. The topological polar surface area (TPSA) is 84.9 Å². The van der Waals surface area contributed by atoms with Crippen molar-refractivity contribution in [3.8, 4) is 11.5 Å². The van der Waals surface area contributed by atoms with E-state index < -0.39 is 10.0 Å². The Balaban J connectivity index is 1.27. The predicted molar refractivity (Wildman–Crippen MR) is 102 cm³/mol. The average molecular weight is 402 g/mol. The van der Waals surface area contributed by atoms with Gasteiger partial charge in [-0.2, -0.15) is 9.40 Å². The van der Waals surface area contributed by atoms with Crippen LogP contribution in [0.15, 0.2) is 35.2 Å². The van der Waals surface area contributed by atoms with Gasteiger partial charge in [-0.15, -0.1) is 5.10 Å². The first kappa shape index (κ1) is 17.7. The summed E-state index contributed by atoms with van der Waals surface area (Å²) in [6.07, 6.45) is 2.39. The summed E-state index contributed by atoms with van der Waals surface area (Å²) >= 11 is 0. The fraction of sp³-hybridized carbons (Fsp3) is 0.474. The van der Waals surface area contributed by atoms with E-state index >= 15 is 0 Å². The van der Waals surface area contributed by atoms with Crippen molar-refractivity contribution < 1.29 is 17.9 Å². The summed E-state index contributed by atoms with van der Waals surface area (Å²) in [5, 5.41) is 8.60. The van der Waals surface area contributed by atoms with Gasteiger partial charge in [-0.3, -0.25) is 0 Å². The molecule has 1 aromatic carbocycles. The van der Waals surface area contributed by atoms with Gasteiger partial charge < -0.3 is 14.4 Å². The number of aromatic nitrogens is 2. The molecule has 2 aromatic rings. The zero-order valence-electron chi connectivity index (χ0n) is 15.6. The van der Waals surface area contributed by atoms with Crippen molar-refractivity contribution in [2.75, 3.05) is 38.3 Å². The van der Waals surface area contributed by atoms with E-state index in [4.69, 9.17) is 9.47 Å². The van der Waals surface area contributed by atoms with Crippen molar-refractivity contribution in [3.63, 3.8) is 0 Å². The third-order valence-corrected chi connectivity index (χ3v) is 7.46. The first-order chi connectivity index (χ1) is 13.5. The number of benzene rings is 1. The van der Waals surface area contributed by atoms with Crippen LogP contribution < -0.4 is 14.4 Å². The summed E-state index contributed by atoms with van der Waals surface area (Å²) in [5.41, 5.74) is 1.05. The largest absolute Gasteiger partial charge is 0.486 e. The van der Waals surface area contributed by atoms with E-state index in [2.05, 4.69) is 10.2 Å². The highest BCUT2D eigenvalue weighted by Gasteiger charge is 2.38. The van der Waals surface area contributed by atoms with Crippen molar-refractivity contribution >= 4 is 15.8 Å². The molecule has 1 saturated carbocycles. The second-order valence-electron chi connectivity index (χ2n) is 7.48. The lowest BCUT2D eigenvalue weighted by atomic mass is 10.1. The molecule has 9 heteroatoms. The monoisotopic (exact) mass is 402 g/mol. The van der Waals surface area contributed by atoms with E-state index in [-0.39, 0.29) is 10.9 Å². The zero-order chi connectivity index (χ0) is 19.3. The minimum absolute atomic E-state index is 0.108. The number of hydrogen-bond donors (Lipinski definition) is 0. The molecule has 28 heavy (non-hydrogen) atoms. The number of likely N-dealkylation sites (N-methyl/N-ethyl adjacent to an activating group) is 1. The molecule has 2 fully saturated rings. The van der Waals surface area contributed by atoms with Crippen LogP contribution in [0.25, 0.3) is 0 Å². The van der Waals surface area contributed by atoms with Crippen LogP contribution in [0.4, 0.5) is 5.82 Å². The van der Waals surface area contributed by atoms with Gasteiger partial charge in [0.15, 0.2) is 17.3 Å². The maximum absolute atomic E-state index is 13.0. The van der Waals surface area contributed by atoms with Crippen molar-refractivity contribution in [2.24, 2.45) is 0 Å². The molecule has 0 bridgehead atoms. The fourth-order valence-electron chi connectivity index (χ4n) is 3.52. The van der Waals surface area contributed by atoms with Crippen LogP contribution in [0.3, 0.4) is 0 Å². The Bertz CT molecular complexity index is 985. The molecular formula is C19H22N4O4S. The van der Waals surface area contributed by atoms with Crippen LogP contribution in [0.5, 0.6) is 11.5 Å². The molecule has 8 nitrogen and oxygen atoms in total. The molecule has 148 valence electrons. The average Bonchev–Trinajstić information content (AvgIpc) is 3.52. The van der Waals surface area contributed by atoms with Gasteiger partial charge >= 0.3 is 0 Å². The Morgan fingerprint density at radius 2 is 1.79 bits per heavy atom. The Morgan fingerprint density at radius 3 is 2.46 bits per heavy atom. The number of anilines is 1. The normalized spacial score (nSPS) is 19.6. The smallest absolute Gasteiger partial charge is 0.243 e. The van der Waals surface area contributed by atoms with E-state index in [0.717, 1.165) is 11.5 Å². The van der Waals surface area contributed by atoms with E-state index in [1.165, 1.54) is 17.1 Å². The number of ether oxygens (including phenoxy) is 2. The van der Waals surface area contributed by atoms with Gasteiger partial charge in [0.2, 0.25) is 10.0 Å². The Labute approximate surface area is 164 Å². The number of rotatable bonds is 5. The van der Waals surface area contributed by atoms with E-state index in [1.54, 1.807) is 25.2 Å². The van der Waals surface area contributed by atoms with Crippen LogP contribution >= 0.6 is 0 Å². The molecule has 3 aliphatic rings. The van der Waals surface area contributed by atoms with Crippen molar-refractivity contribution in [2.45, 2.75) is 29.7 Å². The molecule has 1 aliphatic carbocycles. The second kappa shape index (κ2) is 6.59. The SMILES string of the molecule is CN(C1CN(c2ccc(C3CC3)nn2)C1)S(=O)(=O)c1ccc2c(c1)OCCO2. The van der Waals surface area contributed by atoms with E-state index in [1.807, 2.05) is 17.0 Å².